The van der Waals surface area contributed by atoms with Crippen LogP contribution in [0.15, 0.2) is 91.1 Å². The molecule has 0 unspecified atom stereocenters. The second kappa shape index (κ2) is 50.7. The molecule has 3 aromatic heterocycles. The van der Waals surface area contributed by atoms with Crippen molar-refractivity contribution in [3.05, 3.63) is 91.1 Å². The summed E-state index contributed by atoms with van der Waals surface area (Å²) >= 11 is 0. The number of rotatable bonds is 0. The van der Waals surface area contributed by atoms with E-state index in [-0.39, 0.29) is 0 Å². The molecule has 0 aliphatic carbocycles. The van der Waals surface area contributed by atoms with Gasteiger partial charge >= 0.3 is 0 Å². The van der Waals surface area contributed by atoms with Crippen molar-refractivity contribution in [2.24, 2.45) is 0 Å². The molecule has 0 radical (unpaired) electrons. The van der Waals surface area contributed by atoms with Gasteiger partial charge in [0.05, 0.1) is 39.6 Å². The zero-order chi connectivity index (χ0) is 54.4. The molecule has 3 aromatic rings. The Morgan fingerprint density at radius 2 is 0.321 bits per heavy atom. The molecule has 9 heteroatoms. The molecule has 0 N–H and O–H groups in total. The molecule has 0 amide bonds. The van der Waals surface area contributed by atoms with E-state index in [0.29, 0.717) is 35.3 Å². The highest BCUT2D eigenvalue weighted by Gasteiger charge is 2.05. The summed E-state index contributed by atoms with van der Waals surface area (Å²) in [5.74, 6) is 4.05. The molecule has 1 aliphatic heterocycles. The first kappa shape index (κ1) is 66.0. The zero-order valence-electron chi connectivity index (χ0n) is 49.4. The van der Waals surface area contributed by atoms with E-state index < -0.39 is 0 Å². The predicted molar refractivity (Wildman–Crippen MR) is 327 cm³/mol. The zero-order valence-corrected chi connectivity index (χ0v) is 49.4. The summed E-state index contributed by atoms with van der Waals surface area (Å²) in [6.45, 7) is 4.30. The number of nitrogens with zero attached hydrogens (tertiary/aromatic N) is 3. The van der Waals surface area contributed by atoms with Crippen LogP contribution < -0.4 is 28.4 Å². The van der Waals surface area contributed by atoms with Gasteiger partial charge in [-0.2, -0.15) is 15.0 Å². The van der Waals surface area contributed by atoms with E-state index in [9.17, 15) is 0 Å². The molecule has 0 saturated heterocycles. The molecule has 0 fully saturated rings. The summed E-state index contributed by atoms with van der Waals surface area (Å²) in [5.41, 5.74) is 0. The van der Waals surface area contributed by atoms with Crippen LogP contribution in [-0.4, -0.2) is 54.6 Å². The van der Waals surface area contributed by atoms with Gasteiger partial charge in [-0.3, -0.25) is 0 Å². The fourth-order valence-corrected chi connectivity index (χ4v) is 9.87. The number of aromatic nitrogens is 3. The van der Waals surface area contributed by atoms with Gasteiger partial charge in [0.1, 0.15) is 0 Å². The van der Waals surface area contributed by atoms with Gasteiger partial charge in [-0.25, -0.2) is 0 Å². The maximum absolute atomic E-state index is 5.97. The van der Waals surface area contributed by atoms with E-state index in [2.05, 4.69) is 51.4 Å². The average Bonchev–Trinajstić information content (AvgIpc) is 3.46. The van der Waals surface area contributed by atoms with Crippen LogP contribution in [0.2, 0.25) is 0 Å². The molecule has 9 nitrogen and oxygen atoms in total. The molecule has 0 atom stereocenters. The number of ether oxygens (including phenoxy) is 6. The number of hydrogen-bond donors (Lipinski definition) is 0. The Balaban J connectivity index is 1.02. The van der Waals surface area contributed by atoms with Crippen molar-refractivity contribution in [2.75, 3.05) is 39.6 Å². The molecular weight excluding hydrogens is 967 g/mol. The highest BCUT2D eigenvalue weighted by Crippen LogP contribution is 2.20. The highest BCUT2D eigenvalue weighted by molar-refractivity contribution is 5.21. The van der Waals surface area contributed by atoms with E-state index in [0.717, 1.165) is 78.2 Å². The van der Waals surface area contributed by atoms with Crippen molar-refractivity contribution in [3.8, 4) is 35.3 Å². The van der Waals surface area contributed by atoms with Crippen LogP contribution in [-0.2, 0) is 0 Å². The summed E-state index contributed by atoms with van der Waals surface area (Å²) in [6.07, 6.45) is 66.5. The topological polar surface area (TPSA) is 94.1 Å². The first-order chi connectivity index (χ1) is 38.8. The Hall–Kier alpha value is -4.53. The molecule has 4 rings (SSSR count). The quantitative estimate of drug-likeness (QED) is 0.204. The van der Waals surface area contributed by atoms with Crippen LogP contribution in [0.25, 0.3) is 0 Å². The summed E-state index contributed by atoms with van der Waals surface area (Å²) in [7, 11) is 0. The third-order valence-corrected chi connectivity index (χ3v) is 14.7. The minimum absolute atomic E-state index is 0.675. The number of allylic oxidation sites excluding steroid dienone is 6. The first-order valence-electron chi connectivity index (χ1n) is 32.5. The summed E-state index contributed by atoms with van der Waals surface area (Å²) in [5, 5.41) is 0. The van der Waals surface area contributed by atoms with Gasteiger partial charge in [-0.05, 0) is 116 Å². The second-order valence-corrected chi connectivity index (χ2v) is 21.9. The van der Waals surface area contributed by atoms with Crippen LogP contribution in [0.1, 0.15) is 270 Å². The van der Waals surface area contributed by atoms with Crippen molar-refractivity contribution in [1.82, 2.24) is 15.0 Å². The van der Waals surface area contributed by atoms with Crippen LogP contribution >= 0.6 is 0 Å². The van der Waals surface area contributed by atoms with Crippen molar-refractivity contribution in [2.45, 2.75) is 270 Å². The Bertz CT molecular complexity index is 1560. The van der Waals surface area contributed by atoms with Crippen LogP contribution in [0.5, 0.6) is 35.3 Å². The Labute approximate surface area is 477 Å². The van der Waals surface area contributed by atoms with Gasteiger partial charge in [-0.15, -0.1) is 0 Å². The third kappa shape index (κ3) is 39.8. The molecule has 6 bridgehead atoms. The van der Waals surface area contributed by atoms with Crippen LogP contribution in [0.4, 0.5) is 0 Å². The fraction of sp³-hybridized carbons (Fsp3) is 0.696. The molecule has 0 spiro atoms. The summed E-state index contributed by atoms with van der Waals surface area (Å²) in [6, 6.07) is 17.6. The van der Waals surface area contributed by atoms with E-state index in [4.69, 9.17) is 28.4 Å². The van der Waals surface area contributed by atoms with Gasteiger partial charge < -0.3 is 28.4 Å². The first-order valence-corrected chi connectivity index (χ1v) is 32.5. The number of pyridine rings is 3. The molecular formula is C69H111N3O6. The third-order valence-electron chi connectivity index (χ3n) is 14.7. The minimum Gasteiger partial charge on any atom is -0.478 e. The van der Waals surface area contributed by atoms with Gasteiger partial charge in [0.2, 0.25) is 35.3 Å². The second-order valence-electron chi connectivity index (χ2n) is 21.9. The van der Waals surface area contributed by atoms with Crippen molar-refractivity contribution >= 4 is 0 Å². The SMILES string of the molecule is C1=C/CCCCCCCCOc2cccc(n2)OCCCCCCCC/C=C/CCCCCCCCOc2cccc(n2)OCCCCCCCC/C=C/CCCCCCCCOc2cccc(n2)OCCCCCCCC/1. The Morgan fingerprint density at radius 1 is 0.179 bits per heavy atom. The molecule has 0 saturated carbocycles. The maximum Gasteiger partial charge on any atom is 0.216 e. The van der Waals surface area contributed by atoms with Crippen molar-refractivity contribution in [3.63, 3.8) is 0 Å². The lowest BCUT2D eigenvalue weighted by Crippen LogP contribution is -2.02. The molecule has 438 valence electrons. The lowest BCUT2D eigenvalue weighted by Gasteiger charge is -2.08. The van der Waals surface area contributed by atoms with Crippen molar-refractivity contribution < 1.29 is 28.4 Å². The lowest BCUT2D eigenvalue weighted by atomic mass is 10.1. The van der Waals surface area contributed by atoms with Gasteiger partial charge in [0, 0.05) is 36.4 Å². The minimum atomic E-state index is 0.675. The predicted octanol–water partition coefficient (Wildman–Crippen LogP) is 20.6. The maximum atomic E-state index is 5.97. The van der Waals surface area contributed by atoms with Crippen LogP contribution in [0, 0.1) is 0 Å². The Kier molecular flexibility index (Phi) is 42.9. The van der Waals surface area contributed by atoms with Gasteiger partial charge in [-0.1, -0.05) is 209 Å². The average molecular weight is 1080 g/mol. The largest absolute Gasteiger partial charge is 0.478 e. The Morgan fingerprint density at radius 3 is 0.487 bits per heavy atom. The van der Waals surface area contributed by atoms with E-state index in [1.807, 2.05) is 54.6 Å². The lowest BCUT2D eigenvalue weighted by molar-refractivity contribution is 0.269. The van der Waals surface area contributed by atoms with Gasteiger partial charge in [0.25, 0.3) is 0 Å². The van der Waals surface area contributed by atoms with E-state index in [1.165, 1.54) is 231 Å². The van der Waals surface area contributed by atoms with Crippen LogP contribution in [0.3, 0.4) is 0 Å². The smallest absolute Gasteiger partial charge is 0.216 e. The van der Waals surface area contributed by atoms with Crippen molar-refractivity contribution in [1.29, 1.82) is 0 Å². The molecule has 0 aromatic carbocycles. The molecule has 1 aliphatic rings. The highest BCUT2D eigenvalue weighted by atomic mass is 16.5. The molecule has 78 heavy (non-hydrogen) atoms. The number of hydrogen-bond acceptors (Lipinski definition) is 9. The van der Waals surface area contributed by atoms with E-state index >= 15 is 0 Å². The summed E-state index contributed by atoms with van der Waals surface area (Å²) in [4.78, 5) is 13.7. The normalized spacial score (nSPS) is 21.1. The number of fused-ring (bicyclic) bond motifs is 6. The van der Waals surface area contributed by atoms with E-state index in [1.54, 1.807) is 0 Å². The molecule has 4 heterocycles. The monoisotopic (exact) mass is 1080 g/mol. The summed E-state index contributed by atoms with van der Waals surface area (Å²) < 4.78 is 35.8. The fourth-order valence-electron chi connectivity index (χ4n) is 9.87. The van der Waals surface area contributed by atoms with Gasteiger partial charge in [0.15, 0.2) is 0 Å². The standard InChI is InChI=1S/C69H111N3O6/c1-2-8-14-20-26-32-38-44-59-74-65-53-50-55-67(71-65)76-61-46-40-34-28-22-16-10-5-6-12-18-24-30-36-42-48-63-78-69-57-51-56-68(72-69)77-62-47-41-35-29-23-17-11-4-3-9-15-21-27-33-39-45-60-75-66-54-49-52-64(70-66)73-58-43-37-31-25-19-13-7-1/h1-6,49-57H,7-48,58-63H2/b2-1+,4-3+,6-5+.